The summed E-state index contributed by atoms with van der Waals surface area (Å²) < 4.78 is 48.9. The predicted molar refractivity (Wildman–Crippen MR) is 122 cm³/mol. The first-order valence-electron chi connectivity index (χ1n) is 10.4. The van der Waals surface area contributed by atoms with Crippen molar-refractivity contribution in [2.45, 2.75) is 33.5 Å². The Labute approximate surface area is 197 Å². The standard InChI is InChI=1S/C22H23F3N8O2/c1-21(2,3)10-32-9-13(8-29-32)31-19(34)14-5-12(7-27-20(14)35-4)16-6-15(22(23,24)25)17-18(26)28-11-30-33(16)17/h5-9,11H,10H2,1-4H3,(H,31,34)(H2,26,28,30). The van der Waals surface area contributed by atoms with Crippen LogP contribution >= 0.6 is 0 Å². The van der Waals surface area contributed by atoms with Gasteiger partial charge in [0.15, 0.2) is 5.82 Å². The van der Waals surface area contributed by atoms with Gasteiger partial charge in [-0.2, -0.15) is 23.4 Å². The Kier molecular flexibility index (Phi) is 5.87. The number of aromatic nitrogens is 6. The van der Waals surface area contributed by atoms with E-state index in [0.717, 1.165) is 16.9 Å². The van der Waals surface area contributed by atoms with Crippen LogP contribution < -0.4 is 15.8 Å². The molecule has 1 amide bonds. The van der Waals surface area contributed by atoms with E-state index in [1.54, 1.807) is 10.9 Å². The van der Waals surface area contributed by atoms with E-state index in [2.05, 4.69) is 46.3 Å². The monoisotopic (exact) mass is 488 g/mol. The van der Waals surface area contributed by atoms with E-state index < -0.39 is 17.6 Å². The molecule has 0 aliphatic rings. The van der Waals surface area contributed by atoms with Gasteiger partial charge in [0.1, 0.15) is 17.4 Å². The van der Waals surface area contributed by atoms with Crippen LogP contribution in [0.3, 0.4) is 0 Å². The van der Waals surface area contributed by atoms with Crippen LogP contribution in [0.25, 0.3) is 16.8 Å². The highest BCUT2D eigenvalue weighted by atomic mass is 19.4. The van der Waals surface area contributed by atoms with Gasteiger partial charge in [-0.15, -0.1) is 0 Å². The maximum absolute atomic E-state index is 13.7. The zero-order valence-corrected chi connectivity index (χ0v) is 19.4. The molecule has 0 fully saturated rings. The van der Waals surface area contributed by atoms with E-state index in [4.69, 9.17) is 10.5 Å². The van der Waals surface area contributed by atoms with Crippen molar-refractivity contribution in [2.75, 3.05) is 18.2 Å². The van der Waals surface area contributed by atoms with Crippen LogP contribution in [-0.2, 0) is 12.7 Å². The minimum Gasteiger partial charge on any atom is -0.480 e. The van der Waals surface area contributed by atoms with Gasteiger partial charge in [0.05, 0.1) is 30.3 Å². The number of carbonyl (C=O) groups excluding carboxylic acids is 1. The van der Waals surface area contributed by atoms with Crippen LogP contribution in [0, 0.1) is 5.41 Å². The molecule has 0 bridgehead atoms. The fourth-order valence-electron chi connectivity index (χ4n) is 3.61. The summed E-state index contributed by atoms with van der Waals surface area (Å²) in [5, 5.41) is 10.9. The second-order valence-corrected chi connectivity index (χ2v) is 9.07. The number of alkyl halides is 3. The Morgan fingerprint density at radius 1 is 1.14 bits per heavy atom. The largest absolute Gasteiger partial charge is 0.480 e. The molecule has 4 aromatic heterocycles. The lowest BCUT2D eigenvalue weighted by Crippen LogP contribution is -2.16. The number of hydrogen-bond donors (Lipinski definition) is 2. The van der Waals surface area contributed by atoms with Crippen molar-refractivity contribution in [3.05, 3.63) is 48.2 Å². The van der Waals surface area contributed by atoms with Crippen molar-refractivity contribution in [1.29, 1.82) is 0 Å². The second kappa shape index (κ2) is 8.56. The first kappa shape index (κ1) is 24.0. The lowest BCUT2D eigenvalue weighted by atomic mass is 9.97. The number of amides is 1. The Balaban J connectivity index is 1.73. The van der Waals surface area contributed by atoms with Crippen LogP contribution in [0.2, 0.25) is 0 Å². The van der Waals surface area contributed by atoms with Gasteiger partial charge in [-0.25, -0.2) is 14.5 Å². The number of ether oxygens (including phenoxy) is 1. The Morgan fingerprint density at radius 2 is 1.89 bits per heavy atom. The molecule has 4 aromatic rings. The molecule has 0 unspecified atom stereocenters. The minimum atomic E-state index is -4.70. The van der Waals surface area contributed by atoms with Gasteiger partial charge >= 0.3 is 6.18 Å². The number of nitrogen functional groups attached to an aromatic ring is 1. The molecule has 4 heterocycles. The predicted octanol–water partition coefficient (Wildman–Crippen LogP) is 3.90. The zero-order chi connectivity index (χ0) is 25.5. The lowest BCUT2D eigenvalue weighted by Gasteiger charge is -2.17. The number of rotatable bonds is 5. The van der Waals surface area contributed by atoms with Gasteiger partial charge < -0.3 is 15.8 Å². The van der Waals surface area contributed by atoms with Crippen LogP contribution in [0.15, 0.2) is 37.1 Å². The molecular weight excluding hydrogens is 465 g/mol. The number of pyridine rings is 1. The number of methoxy groups -OCH3 is 1. The van der Waals surface area contributed by atoms with E-state index in [1.807, 2.05) is 0 Å². The van der Waals surface area contributed by atoms with Gasteiger partial charge in [0.25, 0.3) is 5.91 Å². The molecular formula is C22H23F3N8O2. The second-order valence-electron chi connectivity index (χ2n) is 9.07. The minimum absolute atomic E-state index is 0.000574. The molecule has 0 radical (unpaired) electrons. The van der Waals surface area contributed by atoms with E-state index >= 15 is 0 Å². The van der Waals surface area contributed by atoms with E-state index in [-0.39, 0.29) is 39.5 Å². The molecule has 0 saturated carbocycles. The number of anilines is 2. The molecule has 10 nitrogen and oxygen atoms in total. The first-order chi connectivity index (χ1) is 16.4. The molecule has 35 heavy (non-hydrogen) atoms. The SMILES string of the molecule is COc1ncc(-c2cc(C(F)(F)F)c3c(N)ncnn23)cc1C(=O)Nc1cnn(CC(C)(C)C)c1. The van der Waals surface area contributed by atoms with Gasteiger partial charge in [-0.3, -0.25) is 9.48 Å². The fourth-order valence-corrected chi connectivity index (χ4v) is 3.61. The molecule has 13 heteroatoms. The molecule has 0 aliphatic carbocycles. The third-order valence-electron chi connectivity index (χ3n) is 5.00. The number of nitrogens with two attached hydrogens (primary N) is 1. The van der Waals surface area contributed by atoms with Crippen molar-refractivity contribution in [2.24, 2.45) is 5.41 Å². The van der Waals surface area contributed by atoms with Gasteiger partial charge in [0.2, 0.25) is 5.88 Å². The van der Waals surface area contributed by atoms with Gasteiger partial charge in [-0.05, 0) is 17.5 Å². The van der Waals surface area contributed by atoms with Crippen molar-refractivity contribution in [3.63, 3.8) is 0 Å². The molecule has 184 valence electrons. The highest BCUT2D eigenvalue weighted by molar-refractivity contribution is 6.06. The topological polar surface area (TPSA) is 125 Å². The van der Waals surface area contributed by atoms with Crippen LogP contribution in [0.1, 0.15) is 36.7 Å². The molecule has 3 N–H and O–H groups in total. The third kappa shape index (κ3) is 4.88. The zero-order valence-electron chi connectivity index (χ0n) is 19.4. The third-order valence-corrected chi connectivity index (χ3v) is 5.00. The quantitative estimate of drug-likeness (QED) is 0.436. The molecule has 4 rings (SSSR count). The van der Waals surface area contributed by atoms with Gasteiger partial charge in [0, 0.05) is 24.5 Å². The maximum atomic E-state index is 13.7. The summed E-state index contributed by atoms with van der Waals surface area (Å²) in [5.74, 6) is -0.901. The van der Waals surface area contributed by atoms with Crippen molar-refractivity contribution >= 4 is 22.9 Å². The molecule has 0 spiro atoms. The summed E-state index contributed by atoms with van der Waals surface area (Å²) in [4.78, 5) is 20.8. The van der Waals surface area contributed by atoms with Crippen LogP contribution in [0.5, 0.6) is 5.88 Å². The number of fused-ring (bicyclic) bond motifs is 1. The molecule has 0 aliphatic heterocycles. The summed E-state index contributed by atoms with van der Waals surface area (Å²) in [6, 6.07) is 2.27. The number of nitrogens with zero attached hydrogens (tertiary/aromatic N) is 6. The average Bonchev–Trinajstić information content (AvgIpc) is 3.37. The Bertz CT molecular complexity index is 1400. The number of carbonyl (C=O) groups is 1. The normalized spacial score (nSPS) is 12.2. The highest BCUT2D eigenvalue weighted by Crippen LogP contribution is 2.39. The van der Waals surface area contributed by atoms with Gasteiger partial charge in [-0.1, -0.05) is 20.8 Å². The smallest absolute Gasteiger partial charge is 0.418 e. The Hall–Kier alpha value is -4.16. The summed E-state index contributed by atoms with van der Waals surface area (Å²) in [6.45, 7) is 6.81. The number of halogens is 3. The van der Waals surface area contributed by atoms with Crippen molar-refractivity contribution < 1.29 is 22.7 Å². The molecule has 0 atom stereocenters. The van der Waals surface area contributed by atoms with E-state index in [0.29, 0.717) is 12.2 Å². The summed E-state index contributed by atoms with van der Waals surface area (Å²) in [6.07, 6.45) is 0.824. The first-order valence-corrected chi connectivity index (χ1v) is 10.4. The van der Waals surface area contributed by atoms with Crippen molar-refractivity contribution in [3.8, 4) is 17.1 Å². The van der Waals surface area contributed by atoms with E-state index in [1.165, 1.54) is 25.6 Å². The lowest BCUT2D eigenvalue weighted by molar-refractivity contribution is -0.136. The Morgan fingerprint density at radius 3 is 2.54 bits per heavy atom. The summed E-state index contributed by atoms with van der Waals surface area (Å²) >= 11 is 0. The summed E-state index contributed by atoms with van der Waals surface area (Å²) in [5.41, 5.74) is 5.00. The van der Waals surface area contributed by atoms with Crippen LogP contribution in [-0.4, -0.2) is 42.4 Å². The van der Waals surface area contributed by atoms with Crippen molar-refractivity contribution in [1.82, 2.24) is 29.4 Å². The number of nitrogens with one attached hydrogen (secondary N) is 1. The maximum Gasteiger partial charge on any atom is 0.418 e. The van der Waals surface area contributed by atoms with E-state index in [9.17, 15) is 18.0 Å². The molecule has 0 aromatic carbocycles. The number of hydrogen-bond acceptors (Lipinski definition) is 7. The fraction of sp³-hybridized carbons (Fsp3) is 0.318. The average molecular weight is 488 g/mol. The highest BCUT2D eigenvalue weighted by Gasteiger charge is 2.36. The molecule has 0 saturated heterocycles. The summed E-state index contributed by atoms with van der Waals surface area (Å²) in [7, 11) is 1.34. The van der Waals surface area contributed by atoms with Crippen LogP contribution in [0.4, 0.5) is 24.7 Å².